The summed E-state index contributed by atoms with van der Waals surface area (Å²) in [5.41, 5.74) is 1.91. The number of amides is 1. The van der Waals surface area contributed by atoms with Crippen molar-refractivity contribution < 1.29 is 4.79 Å². The number of benzene rings is 1. The van der Waals surface area contributed by atoms with Crippen molar-refractivity contribution in [3.8, 4) is 0 Å². The van der Waals surface area contributed by atoms with Gasteiger partial charge in [-0.15, -0.1) is 0 Å². The minimum Gasteiger partial charge on any atom is -0.349 e. The highest BCUT2D eigenvalue weighted by Crippen LogP contribution is 2.24. The van der Waals surface area contributed by atoms with Crippen LogP contribution in [0.15, 0.2) is 24.3 Å². The number of aryl methyl sites for hydroxylation is 1. The van der Waals surface area contributed by atoms with Crippen LogP contribution < -0.4 is 5.32 Å². The lowest BCUT2D eigenvalue weighted by molar-refractivity contribution is 0.0910. The Morgan fingerprint density at radius 2 is 2.06 bits per heavy atom. The molecule has 17 heavy (non-hydrogen) atoms. The molecule has 1 aliphatic rings. The van der Waals surface area contributed by atoms with Crippen LogP contribution in [0.3, 0.4) is 0 Å². The monoisotopic (exact) mass is 231 g/mol. The number of carbonyl (C=O) groups excluding carboxylic acids is 1. The summed E-state index contributed by atoms with van der Waals surface area (Å²) in [4.78, 5) is 12.1. The summed E-state index contributed by atoms with van der Waals surface area (Å²) < 4.78 is 0. The van der Waals surface area contributed by atoms with Gasteiger partial charge < -0.3 is 5.32 Å². The van der Waals surface area contributed by atoms with E-state index in [0.717, 1.165) is 17.5 Å². The lowest BCUT2D eigenvalue weighted by atomic mass is 9.86. The predicted octanol–water partition coefficient (Wildman–Crippen LogP) is 3.30. The minimum absolute atomic E-state index is 0.0763. The first-order chi connectivity index (χ1) is 8.16. The van der Waals surface area contributed by atoms with E-state index in [0.29, 0.717) is 12.0 Å². The van der Waals surface area contributed by atoms with Gasteiger partial charge in [0.1, 0.15) is 0 Å². The molecule has 2 heteroatoms. The van der Waals surface area contributed by atoms with E-state index in [1.54, 1.807) is 0 Å². The second kappa shape index (κ2) is 5.35. The molecule has 0 spiro atoms. The van der Waals surface area contributed by atoms with Crippen molar-refractivity contribution in [3.05, 3.63) is 35.4 Å². The van der Waals surface area contributed by atoms with Gasteiger partial charge in [0.15, 0.2) is 0 Å². The van der Waals surface area contributed by atoms with Gasteiger partial charge in [-0.2, -0.15) is 0 Å². The molecular weight excluding hydrogens is 210 g/mol. The Balaban J connectivity index is 2.01. The van der Waals surface area contributed by atoms with E-state index in [9.17, 15) is 4.79 Å². The summed E-state index contributed by atoms with van der Waals surface area (Å²) in [5, 5.41) is 3.17. The average Bonchev–Trinajstić information content (AvgIpc) is 2.32. The molecule has 92 valence electrons. The third-order valence-electron chi connectivity index (χ3n) is 3.71. The van der Waals surface area contributed by atoms with E-state index in [2.05, 4.69) is 12.2 Å². The van der Waals surface area contributed by atoms with Gasteiger partial charge in [0, 0.05) is 11.6 Å². The third-order valence-corrected chi connectivity index (χ3v) is 3.71. The van der Waals surface area contributed by atoms with Crippen LogP contribution in [0.1, 0.15) is 48.5 Å². The Labute approximate surface area is 103 Å². The van der Waals surface area contributed by atoms with Crippen LogP contribution in [0.2, 0.25) is 0 Å². The van der Waals surface area contributed by atoms with E-state index >= 15 is 0 Å². The van der Waals surface area contributed by atoms with Gasteiger partial charge in [0.25, 0.3) is 5.91 Å². The van der Waals surface area contributed by atoms with Crippen molar-refractivity contribution in [2.75, 3.05) is 0 Å². The van der Waals surface area contributed by atoms with Gasteiger partial charge in [-0.3, -0.25) is 4.79 Å². The third kappa shape index (κ3) is 3.09. The number of carbonyl (C=O) groups is 1. The fourth-order valence-corrected chi connectivity index (χ4v) is 2.57. The summed E-state index contributed by atoms with van der Waals surface area (Å²) in [6, 6.07) is 8.14. The van der Waals surface area contributed by atoms with Crippen LogP contribution in [-0.4, -0.2) is 11.9 Å². The number of nitrogens with one attached hydrogen (secondary N) is 1. The number of hydrogen-bond acceptors (Lipinski definition) is 1. The fraction of sp³-hybridized carbons (Fsp3) is 0.533. The molecule has 1 fully saturated rings. The molecule has 0 heterocycles. The van der Waals surface area contributed by atoms with Gasteiger partial charge >= 0.3 is 0 Å². The number of hydrogen-bond donors (Lipinski definition) is 1. The molecular formula is C15H21NO. The van der Waals surface area contributed by atoms with Crippen molar-refractivity contribution in [1.82, 2.24) is 5.32 Å². The Morgan fingerprint density at radius 1 is 1.29 bits per heavy atom. The summed E-state index contributed by atoms with van der Waals surface area (Å²) >= 11 is 0. The maximum atomic E-state index is 12.1. The molecule has 1 N–H and O–H groups in total. The van der Waals surface area contributed by atoms with Crippen LogP contribution >= 0.6 is 0 Å². The van der Waals surface area contributed by atoms with Crippen molar-refractivity contribution in [2.24, 2.45) is 5.92 Å². The maximum absolute atomic E-state index is 12.1. The molecule has 0 bridgehead atoms. The van der Waals surface area contributed by atoms with Crippen molar-refractivity contribution >= 4 is 5.91 Å². The van der Waals surface area contributed by atoms with Crippen LogP contribution in [0, 0.1) is 12.8 Å². The van der Waals surface area contributed by atoms with Crippen molar-refractivity contribution in [1.29, 1.82) is 0 Å². The average molecular weight is 231 g/mol. The summed E-state index contributed by atoms with van der Waals surface area (Å²) in [7, 11) is 0. The Kier molecular flexibility index (Phi) is 3.82. The van der Waals surface area contributed by atoms with Gasteiger partial charge in [-0.05, 0) is 37.8 Å². The van der Waals surface area contributed by atoms with Crippen LogP contribution in [0.25, 0.3) is 0 Å². The van der Waals surface area contributed by atoms with Crippen molar-refractivity contribution in [2.45, 2.75) is 45.6 Å². The van der Waals surface area contributed by atoms with Gasteiger partial charge in [-0.25, -0.2) is 0 Å². The Hall–Kier alpha value is -1.31. The first-order valence-corrected chi connectivity index (χ1v) is 6.54. The summed E-state index contributed by atoms with van der Waals surface area (Å²) in [6.45, 7) is 4.25. The molecule has 1 amide bonds. The molecule has 1 aromatic carbocycles. The molecule has 1 saturated carbocycles. The zero-order valence-electron chi connectivity index (χ0n) is 10.7. The van der Waals surface area contributed by atoms with E-state index in [-0.39, 0.29) is 5.91 Å². The molecule has 0 aliphatic heterocycles. The van der Waals surface area contributed by atoms with E-state index in [1.807, 2.05) is 31.2 Å². The first kappa shape index (κ1) is 12.2. The zero-order chi connectivity index (χ0) is 12.3. The van der Waals surface area contributed by atoms with Gasteiger partial charge in [0.05, 0.1) is 0 Å². The topological polar surface area (TPSA) is 29.1 Å². The molecule has 2 rings (SSSR count). The number of rotatable bonds is 2. The standard InChI is InChI=1S/C15H21NO/c1-11-6-5-8-13(10-11)15(17)16-14-9-4-3-7-12(14)2/h5-6,8,10,12,14H,3-4,7,9H2,1-2H3,(H,16,17)/t12-,14-/m1/s1. The van der Waals surface area contributed by atoms with Gasteiger partial charge in [0.2, 0.25) is 0 Å². The second-order valence-electron chi connectivity index (χ2n) is 5.21. The van der Waals surface area contributed by atoms with E-state index in [4.69, 9.17) is 0 Å². The van der Waals surface area contributed by atoms with Crippen LogP contribution in [-0.2, 0) is 0 Å². The van der Waals surface area contributed by atoms with Crippen LogP contribution in [0.5, 0.6) is 0 Å². The zero-order valence-corrected chi connectivity index (χ0v) is 10.7. The van der Waals surface area contributed by atoms with Crippen molar-refractivity contribution in [3.63, 3.8) is 0 Å². The highest BCUT2D eigenvalue weighted by Gasteiger charge is 2.23. The quantitative estimate of drug-likeness (QED) is 0.831. The normalized spacial score (nSPS) is 24.4. The van der Waals surface area contributed by atoms with E-state index in [1.165, 1.54) is 19.3 Å². The molecule has 1 aromatic rings. The Morgan fingerprint density at radius 3 is 2.76 bits per heavy atom. The lowest BCUT2D eigenvalue weighted by Crippen LogP contribution is -2.41. The molecule has 2 atom stereocenters. The largest absolute Gasteiger partial charge is 0.349 e. The molecule has 0 radical (unpaired) electrons. The highest BCUT2D eigenvalue weighted by molar-refractivity contribution is 5.94. The molecule has 0 saturated heterocycles. The van der Waals surface area contributed by atoms with Gasteiger partial charge in [-0.1, -0.05) is 37.5 Å². The molecule has 1 aliphatic carbocycles. The first-order valence-electron chi connectivity index (χ1n) is 6.54. The SMILES string of the molecule is Cc1cccc(C(=O)N[C@@H]2CCCC[C@H]2C)c1. The minimum atomic E-state index is 0.0763. The molecule has 0 aromatic heterocycles. The Bertz CT molecular complexity index is 400. The fourth-order valence-electron chi connectivity index (χ4n) is 2.57. The highest BCUT2D eigenvalue weighted by atomic mass is 16.1. The summed E-state index contributed by atoms with van der Waals surface area (Å²) in [5.74, 6) is 0.685. The maximum Gasteiger partial charge on any atom is 0.251 e. The predicted molar refractivity (Wildman–Crippen MR) is 70.1 cm³/mol. The second-order valence-corrected chi connectivity index (χ2v) is 5.21. The smallest absolute Gasteiger partial charge is 0.251 e. The molecule has 2 nitrogen and oxygen atoms in total. The van der Waals surface area contributed by atoms with Crippen LogP contribution in [0.4, 0.5) is 0 Å². The summed E-state index contributed by atoms with van der Waals surface area (Å²) in [6.07, 6.45) is 4.90. The lowest BCUT2D eigenvalue weighted by Gasteiger charge is -2.29. The van der Waals surface area contributed by atoms with E-state index < -0.39 is 0 Å². The molecule has 0 unspecified atom stereocenters.